The van der Waals surface area contributed by atoms with Gasteiger partial charge in [0, 0.05) is 16.8 Å². The first-order valence-electron chi connectivity index (χ1n) is 2.84. The fraction of sp³-hybridized carbons (Fsp3) is 1.00. The van der Waals surface area contributed by atoms with Crippen LogP contribution < -0.4 is 0 Å². The van der Waals surface area contributed by atoms with E-state index in [1.807, 2.05) is 0 Å². The third-order valence-electron chi connectivity index (χ3n) is 0.521. The van der Waals surface area contributed by atoms with E-state index in [0.29, 0.717) is 11.5 Å². The zero-order chi connectivity index (χ0) is 8.41. The maximum Gasteiger partial charge on any atom is 0.0555 e. The second-order valence-corrected chi connectivity index (χ2v) is 3.01. The molecule has 0 bridgehead atoms. The SMILES string of the molecule is OCC(S)CS.OCCS. The van der Waals surface area contributed by atoms with E-state index < -0.39 is 0 Å². The first-order valence-corrected chi connectivity index (χ1v) is 4.62. The van der Waals surface area contributed by atoms with Gasteiger partial charge in [-0.3, -0.25) is 0 Å². The molecule has 2 nitrogen and oxygen atoms in total. The lowest BCUT2D eigenvalue weighted by atomic mass is 10.5. The van der Waals surface area contributed by atoms with Gasteiger partial charge in [-0.05, 0) is 0 Å². The van der Waals surface area contributed by atoms with Gasteiger partial charge < -0.3 is 10.2 Å². The Bertz CT molecular complexity index is 48.2. The van der Waals surface area contributed by atoms with Crippen LogP contribution in [0.4, 0.5) is 0 Å². The molecule has 0 aromatic rings. The molecule has 64 valence electrons. The molecule has 0 aromatic heterocycles. The van der Waals surface area contributed by atoms with Gasteiger partial charge in [-0.15, -0.1) is 0 Å². The molecule has 0 saturated carbocycles. The smallest absolute Gasteiger partial charge is 0.0555 e. The molecular weight excluding hydrogens is 188 g/mol. The highest BCUT2D eigenvalue weighted by atomic mass is 32.1. The summed E-state index contributed by atoms with van der Waals surface area (Å²) in [4.78, 5) is 0. The third kappa shape index (κ3) is 16.0. The first-order chi connectivity index (χ1) is 4.72. The molecule has 0 amide bonds. The van der Waals surface area contributed by atoms with E-state index in [-0.39, 0.29) is 18.5 Å². The quantitative estimate of drug-likeness (QED) is 0.422. The van der Waals surface area contributed by atoms with Gasteiger partial charge in [0.1, 0.15) is 0 Å². The summed E-state index contributed by atoms with van der Waals surface area (Å²) in [5.74, 6) is 1.21. The Morgan fingerprint density at radius 3 is 1.60 bits per heavy atom. The number of aliphatic hydroxyl groups is 2. The van der Waals surface area contributed by atoms with E-state index in [1.54, 1.807) is 0 Å². The van der Waals surface area contributed by atoms with E-state index in [4.69, 9.17) is 10.2 Å². The molecule has 0 aliphatic rings. The van der Waals surface area contributed by atoms with Crippen LogP contribution in [0.15, 0.2) is 0 Å². The fourth-order valence-electron chi connectivity index (χ4n) is 0.0577. The Balaban J connectivity index is 0. The van der Waals surface area contributed by atoms with Crippen LogP contribution in [0, 0.1) is 0 Å². The molecule has 0 aliphatic heterocycles. The molecule has 0 aliphatic carbocycles. The van der Waals surface area contributed by atoms with Gasteiger partial charge >= 0.3 is 0 Å². The molecule has 1 atom stereocenters. The summed E-state index contributed by atoms with van der Waals surface area (Å²) in [5, 5.41) is 16.1. The largest absolute Gasteiger partial charge is 0.396 e. The lowest BCUT2D eigenvalue weighted by Gasteiger charge is -1.96. The lowest BCUT2D eigenvalue weighted by Crippen LogP contribution is -2.04. The van der Waals surface area contributed by atoms with Gasteiger partial charge in [0.2, 0.25) is 0 Å². The number of thiol groups is 3. The first kappa shape index (κ1) is 13.6. The summed E-state index contributed by atoms with van der Waals surface area (Å²) in [7, 11) is 0. The summed E-state index contributed by atoms with van der Waals surface area (Å²) >= 11 is 11.4. The van der Waals surface area contributed by atoms with Crippen molar-refractivity contribution in [1.82, 2.24) is 0 Å². The Morgan fingerprint density at radius 1 is 1.20 bits per heavy atom. The maximum atomic E-state index is 8.21. The highest BCUT2D eigenvalue weighted by Crippen LogP contribution is 1.93. The third-order valence-corrected chi connectivity index (χ3v) is 1.80. The molecule has 0 heterocycles. The highest BCUT2D eigenvalue weighted by molar-refractivity contribution is 7.84. The number of hydrogen-bond donors (Lipinski definition) is 5. The predicted octanol–water partition coefficient (Wildman–Crippen LogP) is 0.115. The summed E-state index contributed by atoms with van der Waals surface area (Å²) in [6.07, 6.45) is 0. The van der Waals surface area contributed by atoms with Crippen LogP contribution in [-0.4, -0.2) is 40.2 Å². The molecule has 0 saturated heterocycles. The van der Waals surface area contributed by atoms with Crippen LogP contribution >= 0.6 is 37.9 Å². The minimum Gasteiger partial charge on any atom is -0.396 e. The van der Waals surface area contributed by atoms with E-state index in [0.717, 1.165) is 0 Å². The molecule has 1 unspecified atom stereocenters. The van der Waals surface area contributed by atoms with Crippen LogP contribution in [0.3, 0.4) is 0 Å². The van der Waals surface area contributed by atoms with Gasteiger partial charge in [-0.1, -0.05) is 0 Å². The van der Waals surface area contributed by atoms with Crippen molar-refractivity contribution in [2.24, 2.45) is 0 Å². The van der Waals surface area contributed by atoms with Crippen molar-refractivity contribution < 1.29 is 10.2 Å². The molecule has 2 N–H and O–H groups in total. The summed E-state index contributed by atoms with van der Waals surface area (Å²) in [6, 6.07) is 0. The molecule has 10 heavy (non-hydrogen) atoms. The van der Waals surface area contributed by atoms with Gasteiger partial charge in [-0.2, -0.15) is 37.9 Å². The maximum absolute atomic E-state index is 8.21. The van der Waals surface area contributed by atoms with Gasteiger partial charge in [0.15, 0.2) is 0 Å². The van der Waals surface area contributed by atoms with Crippen molar-refractivity contribution in [1.29, 1.82) is 0 Å². The van der Waals surface area contributed by atoms with Gasteiger partial charge in [0.05, 0.1) is 13.2 Å². The highest BCUT2D eigenvalue weighted by Gasteiger charge is 1.92. The Labute approximate surface area is 78.3 Å². The van der Waals surface area contributed by atoms with Crippen LogP contribution in [0.1, 0.15) is 0 Å². The van der Waals surface area contributed by atoms with Crippen molar-refractivity contribution in [3.63, 3.8) is 0 Å². The van der Waals surface area contributed by atoms with E-state index in [2.05, 4.69) is 37.9 Å². The second kappa shape index (κ2) is 12.6. The standard InChI is InChI=1S/C3H8OS2.C2H6OS/c4-1-3(6)2-5;3-1-2-4/h3-6H,1-2H2;3-4H,1-2H2. The zero-order valence-electron chi connectivity index (χ0n) is 5.64. The molecule has 0 fully saturated rings. The molecule has 0 radical (unpaired) electrons. The Hall–Kier alpha value is 0.970. The van der Waals surface area contributed by atoms with E-state index in [1.165, 1.54) is 0 Å². The van der Waals surface area contributed by atoms with Crippen molar-refractivity contribution >= 4 is 37.9 Å². The van der Waals surface area contributed by atoms with Crippen LogP contribution in [0.5, 0.6) is 0 Å². The van der Waals surface area contributed by atoms with Crippen molar-refractivity contribution in [2.75, 3.05) is 24.7 Å². The number of hydrogen-bond acceptors (Lipinski definition) is 5. The summed E-state index contributed by atoms with van der Waals surface area (Å²) in [6.45, 7) is 0.301. The van der Waals surface area contributed by atoms with Crippen LogP contribution in [0.2, 0.25) is 0 Å². The molecule has 0 spiro atoms. The normalized spacial score (nSPS) is 11.7. The van der Waals surface area contributed by atoms with Crippen LogP contribution in [0.25, 0.3) is 0 Å². The molecule has 0 rings (SSSR count). The summed E-state index contributed by atoms with van der Waals surface area (Å²) in [5.41, 5.74) is 0. The van der Waals surface area contributed by atoms with E-state index in [9.17, 15) is 0 Å². The molecular formula is C5H14O2S3. The lowest BCUT2D eigenvalue weighted by molar-refractivity contribution is 0.302. The van der Waals surface area contributed by atoms with Crippen molar-refractivity contribution in [3.8, 4) is 0 Å². The van der Waals surface area contributed by atoms with E-state index >= 15 is 0 Å². The summed E-state index contributed by atoms with van der Waals surface area (Å²) < 4.78 is 0. The minimum atomic E-state index is 0.0494. The topological polar surface area (TPSA) is 40.5 Å². The average Bonchev–Trinajstić information content (AvgIpc) is 2.03. The average molecular weight is 202 g/mol. The van der Waals surface area contributed by atoms with Gasteiger partial charge in [-0.25, -0.2) is 0 Å². The minimum absolute atomic E-state index is 0.0494. The second-order valence-electron chi connectivity index (χ2n) is 1.47. The number of aliphatic hydroxyl groups excluding tert-OH is 2. The molecule has 0 aromatic carbocycles. The zero-order valence-corrected chi connectivity index (χ0v) is 8.33. The number of rotatable bonds is 3. The Kier molecular flexibility index (Phi) is 17.1. The van der Waals surface area contributed by atoms with Crippen LogP contribution in [-0.2, 0) is 0 Å². The Morgan fingerprint density at radius 2 is 1.60 bits per heavy atom. The molecule has 5 heteroatoms. The monoisotopic (exact) mass is 202 g/mol. The van der Waals surface area contributed by atoms with Crippen molar-refractivity contribution in [3.05, 3.63) is 0 Å². The fourth-order valence-corrected chi connectivity index (χ4v) is 0.173. The van der Waals surface area contributed by atoms with Crippen molar-refractivity contribution in [2.45, 2.75) is 5.25 Å². The predicted molar refractivity (Wildman–Crippen MR) is 54.7 cm³/mol. The van der Waals surface area contributed by atoms with Gasteiger partial charge in [0.25, 0.3) is 0 Å².